The van der Waals surface area contributed by atoms with Gasteiger partial charge in [-0.1, -0.05) is 12.1 Å². The summed E-state index contributed by atoms with van der Waals surface area (Å²) in [6.45, 7) is 0.658. The Morgan fingerprint density at radius 2 is 1.63 bits per heavy atom. The number of carbonyl (C=O) groups excluding carboxylic acids is 3. The van der Waals surface area contributed by atoms with E-state index in [4.69, 9.17) is 0 Å². The van der Waals surface area contributed by atoms with Crippen molar-refractivity contribution in [3.05, 3.63) is 48.0 Å². The Balaban J connectivity index is 1.72. The van der Waals surface area contributed by atoms with E-state index in [1.54, 1.807) is 0 Å². The fourth-order valence-electron chi connectivity index (χ4n) is 4.00. The maximum Gasteiger partial charge on any atom is 0.326 e. The number of imidazole rings is 1. The lowest BCUT2D eigenvalue weighted by Crippen LogP contribution is -2.58. The molecule has 8 N–H and O–H groups in total. The Hall–Kier alpha value is -4.46. The molecule has 4 unspecified atom stereocenters. The Morgan fingerprint density at radius 3 is 2.21 bits per heavy atom. The molecular weight excluding hydrogens is 500 g/mol. The third kappa shape index (κ3) is 8.30. The van der Waals surface area contributed by atoms with Crippen molar-refractivity contribution in [1.29, 1.82) is 0 Å². The summed E-state index contributed by atoms with van der Waals surface area (Å²) < 4.78 is 0. The lowest BCUT2D eigenvalue weighted by atomic mass is 10.0. The van der Waals surface area contributed by atoms with E-state index < -0.39 is 60.2 Å². The van der Waals surface area contributed by atoms with E-state index in [0.29, 0.717) is 24.2 Å². The lowest BCUT2D eigenvalue weighted by Gasteiger charge is -2.24. The molecule has 3 rings (SSSR count). The molecule has 0 saturated carbocycles. The molecule has 4 atom stereocenters. The number of amides is 3. The zero-order valence-corrected chi connectivity index (χ0v) is 20.3. The summed E-state index contributed by atoms with van der Waals surface area (Å²) in [4.78, 5) is 68.7. The van der Waals surface area contributed by atoms with E-state index in [0.717, 1.165) is 6.42 Å². The highest BCUT2D eigenvalue weighted by molar-refractivity contribution is 5.95. The second-order valence-corrected chi connectivity index (χ2v) is 8.92. The van der Waals surface area contributed by atoms with E-state index in [9.17, 15) is 39.3 Å². The van der Waals surface area contributed by atoms with Crippen LogP contribution in [-0.2, 0) is 36.8 Å². The van der Waals surface area contributed by atoms with Crippen molar-refractivity contribution in [3.63, 3.8) is 0 Å². The first-order chi connectivity index (χ1) is 18.1. The van der Waals surface area contributed by atoms with Gasteiger partial charge in [-0.15, -0.1) is 0 Å². The molecule has 1 saturated heterocycles. The molecule has 3 amide bonds. The number of carboxylic acids is 2. The number of nitrogens with one attached hydrogen (secondary N) is 5. The van der Waals surface area contributed by atoms with Gasteiger partial charge in [0.15, 0.2) is 0 Å². The predicted molar refractivity (Wildman–Crippen MR) is 131 cm³/mol. The Bertz CT molecular complexity index is 1130. The van der Waals surface area contributed by atoms with Crippen molar-refractivity contribution in [2.75, 3.05) is 6.54 Å². The molecule has 0 radical (unpaired) electrons. The zero-order chi connectivity index (χ0) is 27.7. The van der Waals surface area contributed by atoms with Gasteiger partial charge in [0.1, 0.15) is 23.9 Å². The molecule has 1 aromatic heterocycles. The number of nitrogens with zero attached hydrogens (tertiary/aromatic N) is 1. The number of aliphatic carboxylic acids is 2. The quantitative estimate of drug-likeness (QED) is 0.152. The molecule has 1 aromatic carbocycles. The second kappa shape index (κ2) is 13.2. The number of benzene rings is 1. The number of aromatic hydroxyl groups is 1. The molecule has 14 nitrogen and oxygen atoms in total. The maximum atomic E-state index is 13.2. The number of aromatic amines is 1. The molecule has 0 bridgehead atoms. The highest BCUT2D eigenvalue weighted by Crippen LogP contribution is 2.12. The van der Waals surface area contributed by atoms with Crippen LogP contribution >= 0.6 is 0 Å². The van der Waals surface area contributed by atoms with Crippen molar-refractivity contribution in [2.24, 2.45) is 0 Å². The van der Waals surface area contributed by atoms with Gasteiger partial charge in [-0.05, 0) is 37.1 Å². The number of rotatable bonds is 13. The van der Waals surface area contributed by atoms with Crippen LogP contribution in [0.4, 0.5) is 0 Å². The van der Waals surface area contributed by atoms with Gasteiger partial charge in [-0.25, -0.2) is 9.78 Å². The van der Waals surface area contributed by atoms with Crippen LogP contribution in [0.2, 0.25) is 0 Å². The number of phenols is 1. The number of H-pyrrole nitrogens is 1. The summed E-state index contributed by atoms with van der Waals surface area (Å²) in [6, 6.07) is 0.980. The van der Waals surface area contributed by atoms with Crippen LogP contribution in [0.15, 0.2) is 36.8 Å². The molecular formula is C24H30N6O8. The van der Waals surface area contributed by atoms with Crippen molar-refractivity contribution < 1.29 is 39.3 Å². The van der Waals surface area contributed by atoms with Crippen LogP contribution in [0.3, 0.4) is 0 Å². The van der Waals surface area contributed by atoms with Crippen molar-refractivity contribution >= 4 is 29.7 Å². The van der Waals surface area contributed by atoms with Crippen molar-refractivity contribution in [1.82, 2.24) is 31.2 Å². The first kappa shape index (κ1) is 28.1. The Morgan fingerprint density at radius 1 is 0.947 bits per heavy atom. The van der Waals surface area contributed by atoms with Crippen molar-refractivity contribution in [3.8, 4) is 5.75 Å². The monoisotopic (exact) mass is 530 g/mol. The maximum absolute atomic E-state index is 13.2. The highest BCUT2D eigenvalue weighted by atomic mass is 16.4. The second-order valence-electron chi connectivity index (χ2n) is 8.92. The van der Waals surface area contributed by atoms with E-state index >= 15 is 0 Å². The molecule has 2 heterocycles. The van der Waals surface area contributed by atoms with E-state index in [-0.39, 0.29) is 18.6 Å². The normalized spacial score (nSPS) is 17.1. The van der Waals surface area contributed by atoms with Gasteiger partial charge in [0.2, 0.25) is 17.7 Å². The largest absolute Gasteiger partial charge is 0.508 e. The number of hydrogen-bond acceptors (Lipinski definition) is 8. The number of carbonyl (C=O) groups is 5. The van der Waals surface area contributed by atoms with Gasteiger partial charge >= 0.3 is 11.9 Å². The van der Waals surface area contributed by atoms with E-state index in [1.165, 1.54) is 36.8 Å². The van der Waals surface area contributed by atoms with E-state index in [2.05, 4.69) is 31.2 Å². The van der Waals surface area contributed by atoms with Crippen LogP contribution in [0, 0.1) is 0 Å². The van der Waals surface area contributed by atoms with Gasteiger partial charge in [-0.2, -0.15) is 0 Å². The highest BCUT2D eigenvalue weighted by Gasteiger charge is 2.33. The van der Waals surface area contributed by atoms with Crippen LogP contribution in [0.1, 0.15) is 30.5 Å². The lowest BCUT2D eigenvalue weighted by molar-refractivity contribution is -0.143. The first-order valence-electron chi connectivity index (χ1n) is 12.0. The molecule has 14 heteroatoms. The average molecular weight is 531 g/mol. The van der Waals surface area contributed by atoms with Crippen LogP contribution in [0.25, 0.3) is 0 Å². The summed E-state index contributed by atoms with van der Waals surface area (Å²) in [6.07, 6.45) is 3.26. The van der Waals surface area contributed by atoms with Gasteiger partial charge in [-0.3, -0.25) is 19.2 Å². The third-order valence-electron chi connectivity index (χ3n) is 5.99. The molecule has 1 fully saturated rings. The molecule has 2 aromatic rings. The summed E-state index contributed by atoms with van der Waals surface area (Å²) in [5.74, 6) is -5.05. The minimum atomic E-state index is -1.62. The number of aromatic nitrogens is 2. The SMILES string of the molecule is O=C(O)CC(NC(=O)C(Cc1cnc[nH]1)NC(=O)C1CCCN1)C(=O)NC(Cc1ccc(O)cc1)C(=O)O. The fourth-order valence-corrected chi connectivity index (χ4v) is 4.00. The third-order valence-corrected chi connectivity index (χ3v) is 5.99. The summed E-state index contributed by atoms with van der Waals surface area (Å²) in [5, 5.41) is 38.6. The summed E-state index contributed by atoms with van der Waals surface area (Å²) >= 11 is 0. The predicted octanol–water partition coefficient (Wildman–Crippen LogP) is -1.33. The van der Waals surface area contributed by atoms with Crippen LogP contribution in [0.5, 0.6) is 5.75 Å². The molecule has 0 aliphatic carbocycles. The minimum Gasteiger partial charge on any atom is -0.508 e. The molecule has 38 heavy (non-hydrogen) atoms. The smallest absolute Gasteiger partial charge is 0.326 e. The summed E-state index contributed by atoms with van der Waals surface area (Å²) in [5.41, 5.74) is 1.01. The van der Waals surface area contributed by atoms with Gasteiger partial charge < -0.3 is 41.6 Å². The topological polar surface area (TPSA) is 223 Å². The summed E-state index contributed by atoms with van der Waals surface area (Å²) in [7, 11) is 0. The number of hydrogen-bond donors (Lipinski definition) is 8. The number of carboxylic acid groups (broad SMARTS) is 2. The standard InChI is InChI=1S/C24H30N6O8/c31-15-5-3-13(4-6-15)8-19(24(37)38)30-23(36)18(10-20(32)33)29-22(35)17(9-14-11-25-12-27-14)28-21(34)16-2-1-7-26-16/h3-6,11-12,16-19,26,31H,1-2,7-10H2,(H,25,27)(H,28,34)(H,29,35)(H,30,36)(H,32,33)(H,37,38). The van der Waals surface area contributed by atoms with E-state index in [1.807, 2.05) is 0 Å². The molecule has 1 aliphatic rings. The minimum absolute atomic E-state index is 0.00962. The number of phenolic OH excluding ortho intramolecular Hbond substituents is 1. The van der Waals surface area contributed by atoms with Crippen LogP contribution < -0.4 is 21.3 Å². The zero-order valence-electron chi connectivity index (χ0n) is 20.3. The fraction of sp³-hybridized carbons (Fsp3) is 0.417. The van der Waals surface area contributed by atoms with Gasteiger partial charge in [0, 0.05) is 24.7 Å². The van der Waals surface area contributed by atoms with Gasteiger partial charge in [0.05, 0.1) is 18.8 Å². The van der Waals surface area contributed by atoms with Gasteiger partial charge in [0.25, 0.3) is 0 Å². The average Bonchev–Trinajstić information content (AvgIpc) is 3.58. The Labute approximate surface area is 217 Å². The molecule has 1 aliphatic heterocycles. The first-order valence-corrected chi connectivity index (χ1v) is 12.0. The van der Waals surface area contributed by atoms with Crippen LogP contribution in [-0.4, -0.2) is 85.7 Å². The Kier molecular flexibility index (Phi) is 9.76. The molecule has 0 spiro atoms. The van der Waals surface area contributed by atoms with Crippen molar-refractivity contribution in [2.45, 2.75) is 56.3 Å². The molecule has 204 valence electrons.